The fourth-order valence-corrected chi connectivity index (χ4v) is 1.89. The van der Waals surface area contributed by atoms with Crippen molar-refractivity contribution < 1.29 is 14.3 Å². The molecule has 0 unspecified atom stereocenters. The zero-order valence-corrected chi connectivity index (χ0v) is 13.9. The Kier molecular flexibility index (Phi) is 7.05. The van der Waals surface area contributed by atoms with Crippen molar-refractivity contribution in [3.05, 3.63) is 35.4 Å². The maximum absolute atomic E-state index is 12.0. The van der Waals surface area contributed by atoms with E-state index < -0.39 is 0 Å². The Morgan fingerprint density at radius 1 is 1.18 bits per heavy atom. The van der Waals surface area contributed by atoms with Gasteiger partial charge in [-0.05, 0) is 39.8 Å². The standard InChI is InChI=1S/C12H16N2O.C5H10O2/c1-10-2-4-11(5-3-10)12(15)14-8-6-13-7-9-14;1-5(2,3)7-4-6/h2-5,13H,6-9H2,1H3;4H,1-3H3. The van der Waals surface area contributed by atoms with Gasteiger partial charge in [0.05, 0.1) is 0 Å². The largest absolute Gasteiger partial charge is 0.462 e. The monoisotopic (exact) mass is 306 g/mol. The van der Waals surface area contributed by atoms with Crippen molar-refractivity contribution in [2.24, 2.45) is 0 Å². The van der Waals surface area contributed by atoms with Crippen LogP contribution in [-0.4, -0.2) is 49.1 Å². The summed E-state index contributed by atoms with van der Waals surface area (Å²) in [4.78, 5) is 23.5. The molecule has 0 radical (unpaired) electrons. The molecule has 22 heavy (non-hydrogen) atoms. The van der Waals surface area contributed by atoms with Crippen LogP contribution in [0.1, 0.15) is 36.7 Å². The minimum Gasteiger partial charge on any atom is -0.462 e. The van der Waals surface area contributed by atoms with Crippen molar-refractivity contribution in [3.8, 4) is 0 Å². The minimum absolute atomic E-state index is 0.150. The molecule has 0 atom stereocenters. The molecule has 1 N–H and O–H groups in total. The summed E-state index contributed by atoms with van der Waals surface area (Å²) in [6.07, 6.45) is 0. The zero-order chi connectivity index (χ0) is 16.6. The van der Waals surface area contributed by atoms with Crippen LogP contribution in [0.15, 0.2) is 24.3 Å². The Morgan fingerprint density at radius 3 is 2.14 bits per heavy atom. The maximum Gasteiger partial charge on any atom is 0.293 e. The van der Waals surface area contributed by atoms with Crippen LogP contribution in [0.25, 0.3) is 0 Å². The van der Waals surface area contributed by atoms with E-state index in [9.17, 15) is 9.59 Å². The summed E-state index contributed by atoms with van der Waals surface area (Å²) in [5, 5.41) is 3.24. The average molecular weight is 306 g/mol. The van der Waals surface area contributed by atoms with Gasteiger partial charge >= 0.3 is 0 Å². The van der Waals surface area contributed by atoms with Gasteiger partial charge in [-0.2, -0.15) is 0 Å². The summed E-state index contributed by atoms with van der Waals surface area (Å²) in [6, 6.07) is 7.77. The molecule has 0 aliphatic carbocycles. The first-order valence-corrected chi connectivity index (χ1v) is 7.51. The predicted molar refractivity (Wildman–Crippen MR) is 86.9 cm³/mol. The van der Waals surface area contributed by atoms with E-state index in [1.807, 2.05) is 56.9 Å². The molecule has 1 amide bonds. The number of hydrogen-bond donors (Lipinski definition) is 1. The molecule has 1 saturated heterocycles. The first-order valence-electron chi connectivity index (χ1n) is 7.51. The van der Waals surface area contributed by atoms with Crippen LogP contribution in [0, 0.1) is 6.92 Å². The van der Waals surface area contributed by atoms with E-state index in [4.69, 9.17) is 0 Å². The van der Waals surface area contributed by atoms with Crippen LogP contribution < -0.4 is 5.32 Å². The van der Waals surface area contributed by atoms with Gasteiger partial charge in [0, 0.05) is 31.7 Å². The topological polar surface area (TPSA) is 58.6 Å². The van der Waals surface area contributed by atoms with Crippen LogP contribution in [0.5, 0.6) is 0 Å². The lowest BCUT2D eigenvalue weighted by Gasteiger charge is -2.27. The van der Waals surface area contributed by atoms with E-state index in [1.165, 1.54) is 5.56 Å². The third-order valence-electron chi connectivity index (χ3n) is 3.10. The lowest BCUT2D eigenvalue weighted by Crippen LogP contribution is -2.46. The third-order valence-corrected chi connectivity index (χ3v) is 3.10. The van der Waals surface area contributed by atoms with Crippen molar-refractivity contribution in [2.45, 2.75) is 33.3 Å². The van der Waals surface area contributed by atoms with Crippen LogP contribution in [0.2, 0.25) is 0 Å². The van der Waals surface area contributed by atoms with Gasteiger partial charge in [0.2, 0.25) is 0 Å². The van der Waals surface area contributed by atoms with Crippen molar-refractivity contribution in [2.75, 3.05) is 26.2 Å². The Bertz CT molecular complexity index is 472. The molecule has 122 valence electrons. The highest BCUT2D eigenvalue weighted by Crippen LogP contribution is 2.07. The van der Waals surface area contributed by atoms with Crippen molar-refractivity contribution in [1.82, 2.24) is 10.2 Å². The number of carbonyl (C=O) groups excluding carboxylic acids is 2. The molecule has 0 spiro atoms. The van der Waals surface area contributed by atoms with Crippen LogP contribution in [0.4, 0.5) is 0 Å². The second-order valence-corrected chi connectivity index (χ2v) is 6.23. The number of benzene rings is 1. The Labute approximate surface area is 132 Å². The van der Waals surface area contributed by atoms with Crippen molar-refractivity contribution in [1.29, 1.82) is 0 Å². The summed E-state index contributed by atoms with van der Waals surface area (Å²) in [5.74, 6) is 0.150. The van der Waals surface area contributed by atoms with E-state index in [-0.39, 0.29) is 11.5 Å². The number of nitrogens with zero attached hydrogens (tertiary/aromatic N) is 1. The molecule has 1 heterocycles. The van der Waals surface area contributed by atoms with E-state index in [2.05, 4.69) is 10.1 Å². The molecule has 2 rings (SSSR count). The van der Waals surface area contributed by atoms with Gasteiger partial charge in [0.25, 0.3) is 12.4 Å². The number of ether oxygens (including phenoxy) is 1. The lowest BCUT2D eigenvalue weighted by atomic mass is 10.1. The number of piperazine rings is 1. The average Bonchev–Trinajstić information content (AvgIpc) is 2.48. The predicted octanol–water partition coefficient (Wildman–Crippen LogP) is 2.00. The number of rotatable bonds is 2. The normalized spacial score (nSPS) is 14.6. The minimum atomic E-state index is -0.318. The lowest BCUT2D eigenvalue weighted by molar-refractivity contribution is -0.138. The van der Waals surface area contributed by atoms with Gasteiger partial charge in [-0.3, -0.25) is 9.59 Å². The smallest absolute Gasteiger partial charge is 0.293 e. The van der Waals surface area contributed by atoms with Gasteiger partial charge in [0.1, 0.15) is 5.60 Å². The van der Waals surface area contributed by atoms with Gasteiger partial charge in [0.15, 0.2) is 0 Å². The summed E-state index contributed by atoms with van der Waals surface area (Å²) >= 11 is 0. The summed E-state index contributed by atoms with van der Waals surface area (Å²) in [7, 11) is 0. The number of aryl methyl sites for hydroxylation is 1. The molecule has 1 aliphatic heterocycles. The zero-order valence-electron chi connectivity index (χ0n) is 13.9. The molecular formula is C17H26N2O3. The van der Waals surface area contributed by atoms with Gasteiger partial charge in [-0.15, -0.1) is 0 Å². The van der Waals surface area contributed by atoms with Gasteiger partial charge < -0.3 is 15.0 Å². The first-order chi connectivity index (χ1) is 10.3. The van der Waals surface area contributed by atoms with E-state index in [0.29, 0.717) is 6.47 Å². The van der Waals surface area contributed by atoms with E-state index in [1.54, 1.807) is 0 Å². The molecule has 1 aromatic carbocycles. The Morgan fingerprint density at radius 2 is 1.73 bits per heavy atom. The van der Waals surface area contributed by atoms with E-state index in [0.717, 1.165) is 31.7 Å². The summed E-state index contributed by atoms with van der Waals surface area (Å²) in [6.45, 7) is 11.4. The van der Waals surface area contributed by atoms with Gasteiger partial charge in [-0.25, -0.2) is 0 Å². The molecule has 5 nitrogen and oxygen atoms in total. The van der Waals surface area contributed by atoms with Crippen LogP contribution >= 0.6 is 0 Å². The second-order valence-electron chi connectivity index (χ2n) is 6.23. The fourth-order valence-electron chi connectivity index (χ4n) is 1.89. The molecule has 5 heteroatoms. The van der Waals surface area contributed by atoms with E-state index >= 15 is 0 Å². The SMILES string of the molecule is CC(C)(C)OC=O.Cc1ccc(C(=O)N2CCNCC2)cc1. The molecule has 0 saturated carbocycles. The number of carbonyl (C=O) groups is 2. The van der Waals surface area contributed by atoms with Crippen molar-refractivity contribution in [3.63, 3.8) is 0 Å². The molecule has 1 fully saturated rings. The first kappa shape index (κ1) is 18.2. The van der Waals surface area contributed by atoms with Crippen LogP contribution in [-0.2, 0) is 9.53 Å². The van der Waals surface area contributed by atoms with Crippen LogP contribution in [0.3, 0.4) is 0 Å². The highest BCUT2D eigenvalue weighted by Gasteiger charge is 2.17. The van der Waals surface area contributed by atoms with Crippen molar-refractivity contribution >= 4 is 12.4 Å². The maximum atomic E-state index is 12.0. The third kappa shape index (κ3) is 6.72. The number of hydrogen-bond acceptors (Lipinski definition) is 4. The second kappa shape index (κ2) is 8.54. The summed E-state index contributed by atoms with van der Waals surface area (Å²) in [5.41, 5.74) is 1.66. The number of amides is 1. The fraction of sp³-hybridized carbons (Fsp3) is 0.529. The Balaban J connectivity index is 0.000000295. The van der Waals surface area contributed by atoms with Gasteiger partial charge in [-0.1, -0.05) is 17.7 Å². The Hall–Kier alpha value is -1.88. The molecule has 1 aliphatic rings. The molecule has 0 bridgehead atoms. The molecular weight excluding hydrogens is 280 g/mol. The number of nitrogens with one attached hydrogen (secondary N) is 1. The molecule has 1 aromatic rings. The highest BCUT2D eigenvalue weighted by atomic mass is 16.5. The highest BCUT2D eigenvalue weighted by molar-refractivity contribution is 5.94. The quantitative estimate of drug-likeness (QED) is 0.849. The summed E-state index contributed by atoms with van der Waals surface area (Å²) < 4.78 is 4.55. The molecule has 0 aromatic heterocycles.